The Labute approximate surface area is 165 Å². The summed E-state index contributed by atoms with van der Waals surface area (Å²) in [5.41, 5.74) is 3.68. The van der Waals surface area contributed by atoms with Crippen molar-refractivity contribution in [1.82, 2.24) is 20.4 Å². The Hall–Kier alpha value is -1.56. The molecule has 0 aromatic carbocycles. The van der Waals surface area contributed by atoms with E-state index in [1.165, 1.54) is 43.4 Å². The van der Waals surface area contributed by atoms with Gasteiger partial charge in [0.25, 0.3) is 0 Å². The van der Waals surface area contributed by atoms with Gasteiger partial charge in [0.2, 0.25) is 0 Å². The maximum absolute atomic E-state index is 5.99. The van der Waals surface area contributed by atoms with Crippen molar-refractivity contribution in [2.45, 2.75) is 84.8 Å². The second kappa shape index (κ2) is 11.3. The van der Waals surface area contributed by atoms with Gasteiger partial charge in [-0.1, -0.05) is 19.3 Å². The Morgan fingerprint density at radius 2 is 2.04 bits per heavy atom. The Morgan fingerprint density at radius 1 is 1.30 bits per heavy atom. The van der Waals surface area contributed by atoms with Gasteiger partial charge in [-0.15, -0.1) is 0 Å². The van der Waals surface area contributed by atoms with E-state index >= 15 is 0 Å². The van der Waals surface area contributed by atoms with Gasteiger partial charge in [0, 0.05) is 38.5 Å². The van der Waals surface area contributed by atoms with Crippen molar-refractivity contribution in [3.63, 3.8) is 0 Å². The van der Waals surface area contributed by atoms with E-state index in [0.717, 1.165) is 44.2 Å². The van der Waals surface area contributed by atoms with Crippen LogP contribution in [-0.2, 0) is 18.2 Å². The SMILES string of the molecule is CCNC(=NCCCOC1CCCCC1)NC(C)Cc1c(C)nn(C)c1C. The van der Waals surface area contributed by atoms with Gasteiger partial charge >= 0.3 is 0 Å². The predicted octanol–water partition coefficient (Wildman–Crippen LogP) is 3.26. The summed E-state index contributed by atoms with van der Waals surface area (Å²) >= 11 is 0. The topological polar surface area (TPSA) is 63.5 Å². The van der Waals surface area contributed by atoms with Crippen molar-refractivity contribution in [3.05, 3.63) is 17.0 Å². The van der Waals surface area contributed by atoms with E-state index in [0.29, 0.717) is 12.1 Å². The van der Waals surface area contributed by atoms with E-state index < -0.39 is 0 Å². The average molecular weight is 378 g/mol. The first-order chi connectivity index (χ1) is 13.0. The molecular formula is C21H39N5O. The Kier molecular flexibility index (Phi) is 9.11. The summed E-state index contributed by atoms with van der Waals surface area (Å²) in [6, 6.07) is 0.294. The Bertz CT molecular complexity index is 590. The molecule has 0 radical (unpaired) electrons. The fraction of sp³-hybridized carbons (Fsp3) is 0.810. The molecule has 2 rings (SSSR count). The second-order valence-corrected chi connectivity index (χ2v) is 7.77. The summed E-state index contributed by atoms with van der Waals surface area (Å²) < 4.78 is 7.96. The van der Waals surface area contributed by atoms with Crippen molar-refractivity contribution in [2.24, 2.45) is 12.0 Å². The van der Waals surface area contributed by atoms with Crippen LogP contribution in [0.5, 0.6) is 0 Å². The molecule has 0 amide bonds. The van der Waals surface area contributed by atoms with E-state index in [9.17, 15) is 0 Å². The number of hydrogen-bond donors (Lipinski definition) is 2. The molecule has 154 valence electrons. The molecule has 0 aliphatic heterocycles. The minimum absolute atomic E-state index is 0.294. The molecule has 0 spiro atoms. The summed E-state index contributed by atoms with van der Waals surface area (Å²) in [6.07, 6.45) is 8.90. The zero-order valence-electron chi connectivity index (χ0n) is 18.0. The number of nitrogens with zero attached hydrogens (tertiary/aromatic N) is 3. The number of aliphatic imine (C=N–C) groups is 1. The molecule has 27 heavy (non-hydrogen) atoms. The van der Waals surface area contributed by atoms with Crippen LogP contribution < -0.4 is 10.6 Å². The van der Waals surface area contributed by atoms with E-state index in [4.69, 9.17) is 9.73 Å². The highest BCUT2D eigenvalue weighted by molar-refractivity contribution is 5.80. The van der Waals surface area contributed by atoms with Crippen LogP contribution in [0.2, 0.25) is 0 Å². The van der Waals surface area contributed by atoms with Crippen LogP contribution >= 0.6 is 0 Å². The van der Waals surface area contributed by atoms with Gasteiger partial charge in [-0.3, -0.25) is 9.67 Å². The lowest BCUT2D eigenvalue weighted by Gasteiger charge is -2.21. The molecule has 1 aromatic heterocycles. The third-order valence-corrected chi connectivity index (χ3v) is 5.37. The molecule has 0 saturated heterocycles. The van der Waals surface area contributed by atoms with Gasteiger partial charge in [-0.05, 0) is 58.9 Å². The maximum atomic E-state index is 5.99. The fourth-order valence-electron chi connectivity index (χ4n) is 3.76. The normalized spacial score (nSPS) is 17.1. The fourth-order valence-corrected chi connectivity index (χ4v) is 3.76. The molecule has 1 aromatic rings. The van der Waals surface area contributed by atoms with Gasteiger partial charge in [-0.25, -0.2) is 0 Å². The molecule has 6 nitrogen and oxygen atoms in total. The largest absolute Gasteiger partial charge is 0.378 e. The van der Waals surface area contributed by atoms with Gasteiger partial charge in [0.05, 0.1) is 11.8 Å². The standard InChI is InChI=1S/C21H39N5O/c1-6-22-21(23-13-10-14-27-19-11-8-7-9-12-19)24-16(2)15-20-17(3)25-26(5)18(20)4/h16,19H,6-15H2,1-5H3,(H2,22,23,24). The predicted molar refractivity (Wildman–Crippen MR) is 112 cm³/mol. The minimum atomic E-state index is 0.294. The molecule has 0 bridgehead atoms. The minimum Gasteiger partial charge on any atom is -0.378 e. The van der Waals surface area contributed by atoms with Crippen molar-refractivity contribution in [2.75, 3.05) is 19.7 Å². The molecule has 2 N–H and O–H groups in total. The van der Waals surface area contributed by atoms with Crippen LogP contribution in [0.25, 0.3) is 0 Å². The van der Waals surface area contributed by atoms with E-state index in [1.54, 1.807) is 0 Å². The van der Waals surface area contributed by atoms with Crippen LogP contribution in [0.1, 0.15) is 69.3 Å². The third kappa shape index (κ3) is 7.17. The lowest BCUT2D eigenvalue weighted by Crippen LogP contribution is -2.43. The highest BCUT2D eigenvalue weighted by atomic mass is 16.5. The lowest BCUT2D eigenvalue weighted by atomic mass is 9.98. The monoisotopic (exact) mass is 377 g/mol. The number of aromatic nitrogens is 2. The molecule has 1 saturated carbocycles. The molecule has 1 unspecified atom stereocenters. The summed E-state index contributed by atoms with van der Waals surface area (Å²) in [5, 5.41) is 11.4. The molecular weight excluding hydrogens is 338 g/mol. The van der Waals surface area contributed by atoms with Gasteiger partial charge < -0.3 is 15.4 Å². The Morgan fingerprint density at radius 3 is 2.67 bits per heavy atom. The van der Waals surface area contributed by atoms with Crippen LogP contribution in [0, 0.1) is 13.8 Å². The lowest BCUT2D eigenvalue weighted by molar-refractivity contribution is 0.0281. The molecule has 1 atom stereocenters. The Balaban J connectivity index is 1.76. The van der Waals surface area contributed by atoms with Gasteiger partial charge in [0.15, 0.2) is 5.96 Å². The second-order valence-electron chi connectivity index (χ2n) is 7.77. The van der Waals surface area contributed by atoms with Crippen molar-refractivity contribution < 1.29 is 4.74 Å². The van der Waals surface area contributed by atoms with E-state index in [2.05, 4.69) is 43.4 Å². The van der Waals surface area contributed by atoms with E-state index in [1.807, 2.05) is 11.7 Å². The van der Waals surface area contributed by atoms with E-state index in [-0.39, 0.29) is 0 Å². The third-order valence-electron chi connectivity index (χ3n) is 5.37. The number of nitrogens with one attached hydrogen (secondary N) is 2. The average Bonchev–Trinajstić information content (AvgIpc) is 2.88. The zero-order valence-corrected chi connectivity index (χ0v) is 18.0. The van der Waals surface area contributed by atoms with Crippen LogP contribution in [0.15, 0.2) is 4.99 Å². The van der Waals surface area contributed by atoms with Crippen LogP contribution in [0.3, 0.4) is 0 Å². The number of guanidine groups is 1. The smallest absolute Gasteiger partial charge is 0.191 e. The first-order valence-corrected chi connectivity index (χ1v) is 10.7. The molecule has 6 heteroatoms. The van der Waals surface area contributed by atoms with Crippen molar-refractivity contribution >= 4 is 5.96 Å². The molecule has 1 heterocycles. The number of rotatable bonds is 9. The summed E-state index contributed by atoms with van der Waals surface area (Å²) in [6.45, 7) is 11.0. The van der Waals surface area contributed by atoms with Gasteiger partial charge in [0.1, 0.15) is 0 Å². The molecule has 1 fully saturated rings. The highest BCUT2D eigenvalue weighted by Crippen LogP contribution is 2.20. The van der Waals surface area contributed by atoms with Crippen molar-refractivity contribution in [1.29, 1.82) is 0 Å². The quantitative estimate of drug-likeness (QED) is 0.394. The van der Waals surface area contributed by atoms with Crippen molar-refractivity contribution in [3.8, 4) is 0 Å². The first kappa shape index (κ1) is 21.7. The number of aryl methyl sites for hydroxylation is 2. The van der Waals surface area contributed by atoms with Crippen LogP contribution in [-0.4, -0.2) is 47.6 Å². The summed E-state index contributed by atoms with van der Waals surface area (Å²) in [7, 11) is 2.00. The maximum Gasteiger partial charge on any atom is 0.191 e. The highest BCUT2D eigenvalue weighted by Gasteiger charge is 2.14. The van der Waals surface area contributed by atoms with Gasteiger partial charge in [-0.2, -0.15) is 5.10 Å². The van der Waals surface area contributed by atoms with Crippen LogP contribution in [0.4, 0.5) is 0 Å². The number of hydrogen-bond acceptors (Lipinski definition) is 3. The first-order valence-electron chi connectivity index (χ1n) is 10.7. The molecule has 1 aliphatic carbocycles. The summed E-state index contributed by atoms with van der Waals surface area (Å²) in [5.74, 6) is 0.891. The zero-order chi connectivity index (χ0) is 19.6. The summed E-state index contributed by atoms with van der Waals surface area (Å²) in [4.78, 5) is 4.72. The molecule has 1 aliphatic rings. The number of ether oxygens (including phenoxy) is 1.